The van der Waals surface area contributed by atoms with Gasteiger partial charge in [0.05, 0.1) is 6.10 Å². The molecule has 0 spiro atoms. The van der Waals surface area contributed by atoms with Crippen molar-refractivity contribution in [3.8, 4) is 0 Å². The highest BCUT2D eigenvalue weighted by molar-refractivity contribution is 5.87. The zero-order valence-electron chi connectivity index (χ0n) is 11.6. The van der Waals surface area contributed by atoms with Crippen LogP contribution in [0.3, 0.4) is 0 Å². The number of halogens is 1. The molecule has 0 radical (unpaired) electrons. The summed E-state index contributed by atoms with van der Waals surface area (Å²) in [5, 5.41) is 0. The SMILES string of the molecule is COC1CC(N)(C(=O)N2CCc3cc(F)ccc3C2)C1. The van der Waals surface area contributed by atoms with Crippen molar-refractivity contribution >= 4 is 5.91 Å². The summed E-state index contributed by atoms with van der Waals surface area (Å²) in [6.45, 7) is 1.12. The van der Waals surface area contributed by atoms with Gasteiger partial charge in [0.2, 0.25) is 5.91 Å². The minimum atomic E-state index is -0.780. The van der Waals surface area contributed by atoms with E-state index in [1.54, 1.807) is 24.1 Å². The third-order valence-electron chi connectivity index (χ3n) is 4.41. The van der Waals surface area contributed by atoms with Crippen LogP contribution >= 0.6 is 0 Å². The normalized spacial score (nSPS) is 28.8. The third kappa shape index (κ3) is 2.21. The van der Waals surface area contributed by atoms with Crippen LogP contribution in [0.5, 0.6) is 0 Å². The second kappa shape index (κ2) is 4.82. The first-order valence-corrected chi connectivity index (χ1v) is 6.90. The number of amides is 1. The number of rotatable bonds is 2. The van der Waals surface area contributed by atoms with E-state index in [9.17, 15) is 9.18 Å². The third-order valence-corrected chi connectivity index (χ3v) is 4.41. The Hall–Kier alpha value is -1.46. The van der Waals surface area contributed by atoms with Crippen molar-refractivity contribution in [2.45, 2.75) is 37.5 Å². The van der Waals surface area contributed by atoms with Crippen LogP contribution in [0.25, 0.3) is 0 Å². The van der Waals surface area contributed by atoms with Gasteiger partial charge in [-0.15, -0.1) is 0 Å². The van der Waals surface area contributed by atoms with Crippen LogP contribution in [0.2, 0.25) is 0 Å². The van der Waals surface area contributed by atoms with Crippen molar-refractivity contribution in [1.82, 2.24) is 4.90 Å². The number of carbonyl (C=O) groups excluding carboxylic acids is 1. The van der Waals surface area contributed by atoms with E-state index in [-0.39, 0.29) is 17.8 Å². The Labute approximate surface area is 117 Å². The Morgan fingerprint density at radius 3 is 2.90 bits per heavy atom. The van der Waals surface area contributed by atoms with E-state index in [0.29, 0.717) is 32.4 Å². The summed E-state index contributed by atoms with van der Waals surface area (Å²) in [5.74, 6) is -0.235. The zero-order valence-corrected chi connectivity index (χ0v) is 11.6. The van der Waals surface area contributed by atoms with Gasteiger partial charge in [-0.3, -0.25) is 4.79 Å². The number of nitrogens with two attached hydrogens (primary N) is 1. The predicted octanol–water partition coefficient (Wildman–Crippen LogP) is 1.22. The summed E-state index contributed by atoms with van der Waals surface area (Å²) in [7, 11) is 1.64. The highest BCUT2D eigenvalue weighted by Gasteiger charge is 2.49. The molecule has 1 saturated carbocycles. The highest BCUT2D eigenvalue weighted by atomic mass is 19.1. The molecule has 20 heavy (non-hydrogen) atoms. The minimum Gasteiger partial charge on any atom is -0.381 e. The van der Waals surface area contributed by atoms with Gasteiger partial charge >= 0.3 is 0 Å². The average Bonchev–Trinajstić information content (AvgIpc) is 2.42. The first kappa shape index (κ1) is 13.5. The highest BCUT2D eigenvalue weighted by Crippen LogP contribution is 2.34. The molecule has 3 rings (SSSR count). The number of benzene rings is 1. The lowest BCUT2D eigenvalue weighted by atomic mass is 9.73. The first-order chi connectivity index (χ1) is 9.51. The number of methoxy groups -OCH3 is 1. The molecule has 0 atom stereocenters. The van der Waals surface area contributed by atoms with Crippen LogP contribution in [0.4, 0.5) is 4.39 Å². The molecule has 0 aromatic heterocycles. The molecule has 2 aliphatic rings. The summed E-state index contributed by atoms with van der Waals surface area (Å²) in [6.07, 6.45) is 1.93. The van der Waals surface area contributed by atoms with Crippen LogP contribution < -0.4 is 5.73 Å². The van der Waals surface area contributed by atoms with Crippen LogP contribution in [0, 0.1) is 5.82 Å². The van der Waals surface area contributed by atoms with Crippen LogP contribution in [0.1, 0.15) is 24.0 Å². The zero-order chi connectivity index (χ0) is 14.3. The second-order valence-electron chi connectivity index (χ2n) is 5.81. The lowest BCUT2D eigenvalue weighted by Crippen LogP contribution is -2.65. The number of fused-ring (bicyclic) bond motifs is 1. The Kier molecular flexibility index (Phi) is 3.26. The molecule has 1 amide bonds. The molecule has 0 saturated heterocycles. The van der Waals surface area contributed by atoms with E-state index in [2.05, 4.69) is 0 Å². The molecule has 1 fully saturated rings. The Balaban J connectivity index is 1.71. The molecule has 4 nitrogen and oxygen atoms in total. The number of hydrogen-bond donors (Lipinski definition) is 1. The maximum atomic E-state index is 13.2. The molecule has 2 N–H and O–H groups in total. The van der Waals surface area contributed by atoms with Gasteiger partial charge in [-0.1, -0.05) is 6.07 Å². The number of nitrogens with zero attached hydrogens (tertiary/aromatic N) is 1. The molecule has 108 valence electrons. The summed E-state index contributed by atoms with van der Waals surface area (Å²) >= 11 is 0. The van der Waals surface area contributed by atoms with Gasteiger partial charge in [-0.25, -0.2) is 4.39 Å². The quantitative estimate of drug-likeness (QED) is 0.885. The molecule has 1 aliphatic carbocycles. The van der Waals surface area contributed by atoms with E-state index in [0.717, 1.165) is 11.1 Å². The second-order valence-corrected chi connectivity index (χ2v) is 5.81. The number of ether oxygens (including phenoxy) is 1. The van der Waals surface area contributed by atoms with Crippen LogP contribution in [-0.2, 0) is 22.5 Å². The lowest BCUT2D eigenvalue weighted by molar-refractivity contribution is -0.147. The average molecular weight is 278 g/mol. The summed E-state index contributed by atoms with van der Waals surface area (Å²) in [5.41, 5.74) is 7.38. The fraction of sp³-hybridized carbons (Fsp3) is 0.533. The maximum absolute atomic E-state index is 13.2. The molecule has 5 heteroatoms. The van der Waals surface area contributed by atoms with Crippen molar-refractivity contribution in [2.75, 3.05) is 13.7 Å². The van der Waals surface area contributed by atoms with Gasteiger partial charge in [-0.2, -0.15) is 0 Å². The van der Waals surface area contributed by atoms with E-state index >= 15 is 0 Å². The molecule has 1 heterocycles. The van der Waals surface area contributed by atoms with Crippen LogP contribution in [-0.4, -0.2) is 36.1 Å². The summed E-state index contributed by atoms with van der Waals surface area (Å²) in [4.78, 5) is 14.3. The summed E-state index contributed by atoms with van der Waals surface area (Å²) < 4.78 is 18.4. The molecular weight excluding hydrogens is 259 g/mol. The topological polar surface area (TPSA) is 55.6 Å². The molecule has 0 bridgehead atoms. The smallest absolute Gasteiger partial charge is 0.243 e. The largest absolute Gasteiger partial charge is 0.381 e. The fourth-order valence-electron chi connectivity index (χ4n) is 3.10. The Morgan fingerprint density at radius 2 is 2.20 bits per heavy atom. The van der Waals surface area contributed by atoms with Gasteiger partial charge in [-0.05, 0) is 29.7 Å². The van der Waals surface area contributed by atoms with E-state index in [4.69, 9.17) is 10.5 Å². The Morgan fingerprint density at radius 1 is 1.45 bits per heavy atom. The van der Waals surface area contributed by atoms with E-state index < -0.39 is 5.54 Å². The predicted molar refractivity (Wildman–Crippen MR) is 72.5 cm³/mol. The minimum absolute atomic E-state index is 0.0132. The monoisotopic (exact) mass is 278 g/mol. The standard InChI is InChI=1S/C15H19FN2O2/c1-20-13-7-15(17,8-13)14(19)18-5-4-10-6-12(16)3-2-11(10)9-18/h2-3,6,13H,4-5,7-9,17H2,1H3. The summed E-state index contributed by atoms with van der Waals surface area (Å²) in [6, 6.07) is 4.75. The fourth-order valence-corrected chi connectivity index (χ4v) is 3.10. The van der Waals surface area contributed by atoms with Gasteiger partial charge in [0.25, 0.3) is 0 Å². The molecule has 0 unspecified atom stereocenters. The maximum Gasteiger partial charge on any atom is 0.243 e. The van der Waals surface area contributed by atoms with Gasteiger partial charge in [0, 0.05) is 33.0 Å². The van der Waals surface area contributed by atoms with Gasteiger partial charge in [0.1, 0.15) is 11.4 Å². The first-order valence-electron chi connectivity index (χ1n) is 6.90. The van der Waals surface area contributed by atoms with Crippen LogP contribution in [0.15, 0.2) is 18.2 Å². The molecule has 1 aromatic carbocycles. The van der Waals surface area contributed by atoms with Gasteiger partial charge in [0.15, 0.2) is 0 Å². The lowest BCUT2D eigenvalue weighted by Gasteiger charge is -2.45. The van der Waals surface area contributed by atoms with Crippen molar-refractivity contribution in [3.63, 3.8) is 0 Å². The number of hydrogen-bond acceptors (Lipinski definition) is 3. The molecular formula is C15H19FN2O2. The number of carbonyl (C=O) groups is 1. The van der Waals surface area contributed by atoms with E-state index in [1.807, 2.05) is 0 Å². The van der Waals surface area contributed by atoms with E-state index in [1.165, 1.54) is 6.07 Å². The van der Waals surface area contributed by atoms with Crippen molar-refractivity contribution in [3.05, 3.63) is 35.1 Å². The van der Waals surface area contributed by atoms with Crippen molar-refractivity contribution in [1.29, 1.82) is 0 Å². The van der Waals surface area contributed by atoms with Crippen molar-refractivity contribution < 1.29 is 13.9 Å². The molecule has 1 aromatic rings. The van der Waals surface area contributed by atoms with Crippen molar-refractivity contribution in [2.24, 2.45) is 5.73 Å². The Bertz CT molecular complexity index is 541. The molecule has 1 aliphatic heterocycles. The van der Waals surface area contributed by atoms with Gasteiger partial charge < -0.3 is 15.4 Å².